The molecular formula is C13H9F3N4O2. The van der Waals surface area contributed by atoms with Gasteiger partial charge in [0.15, 0.2) is 5.69 Å². The van der Waals surface area contributed by atoms with Crippen molar-refractivity contribution in [3.63, 3.8) is 0 Å². The predicted molar refractivity (Wildman–Crippen MR) is 70.9 cm³/mol. The second kappa shape index (κ2) is 5.07. The summed E-state index contributed by atoms with van der Waals surface area (Å²) in [7, 11) is 0. The standard InChI is InChI=1S/C13H9F3N4O2/c1-7-4-9(3-2-8(7)6-17)19-11(21)5-10(13(14,15)16)20(18)12(19)22/h2-5H,18H2,1H3. The maximum atomic E-state index is 12.7. The van der Waals surface area contributed by atoms with Crippen LogP contribution in [0.5, 0.6) is 0 Å². The summed E-state index contributed by atoms with van der Waals surface area (Å²) in [5, 5.41) is 8.83. The first-order chi connectivity index (χ1) is 10.2. The lowest BCUT2D eigenvalue weighted by Crippen LogP contribution is -2.45. The summed E-state index contributed by atoms with van der Waals surface area (Å²) in [6, 6.07) is 6.12. The van der Waals surface area contributed by atoms with Gasteiger partial charge in [0.25, 0.3) is 5.56 Å². The van der Waals surface area contributed by atoms with Crippen molar-refractivity contribution in [1.82, 2.24) is 9.24 Å². The first kappa shape index (κ1) is 15.4. The molecule has 2 rings (SSSR count). The minimum Gasteiger partial charge on any atom is -0.335 e. The molecule has 0 saturated carbocycles. The third kappa shape index (κ3) is 2.46. The quantitative estimate of drug-likeness (QED) is 0.792. The lowest BCUT2D eigenvalue weighted by atomic mass is 10.1. The van der Waals surface area contributed by atoms with Crippen molar-refractivity contribution in [2.24, 2.45) is 0 Å². The summed E-state index contributed by atoms with van der Waals surface area (Å²) in [5.74, 6) is 5.14. The van der Waals surface area contributed by atoms with E-state index in [0.29, 0.717) is 15.7 Å². The Balaban J connectivity index is 2.77. The number of benzene rings is 1. The zero-order chi connectivity index (χ0) is 16.7. The second-order valence-corrected chi connectivity index (χ2v) is 4.46. The van der Waals surface area contributed by atoms with E-state index in [-0.39, 0.29) is 16.4 Å². The average molecular weight is 310 g/mol. The molecular weight excluding hydrogens is 301 g/mol. The fourth-order valence-corrected chi connectivity index (χ4v) is 1.92. The molecule has 22 heavy (non-hydrogen) atoms. The molecule has 0 fully saturated rings. The van der Waals surface area contributed by atoms with Gasteiger partial charge in [0.1, 0.15) is 0 Å². The van der Waals surface area contributed by atoms with Crippen LogP contribution in [0.25, 0.3) is 5.69 Å². The number of nitriles is 1. The second-order valence-electron chi connectivity index (χ2n) is 4.46. The van der Waals surface area contributed by atoms with Gasteiger partial charge in [0.05, 0.1) is 17.3 Å². The van der Waals surface area contributed by atoms with E-state index in [1.165, 1.54) is 18.2 Å². The number of aryl methyl sites for hydroxylation is 1. The Kier molecular flexibility index (Phi) is 3.54. The molecule has 0 aliphatic carbocycles. The van der Waals surface area contributed by atoms with Gasteiger partial charge >= 0.3 is 11.9 Å². The molecule has 0 radical (unpaired) electrons. The van der Waals surface area contributed by atoms with E-state index < -0.39 is 23.1 Å². The molecule has 2 N–H and O–H groups in total. The first-order valence-corrected chi connectivity index (χ1v) is 5.89. The zero-order valence-electron chi connectivity index (χ0n) is 11.2. The van der Waals surface area contributed by atoms with Gasteiger partial charge in [-0.2, -0.15) is 18.4 Å². The van der Waals surface area contributed by atoms with Crippen LogP contribution in [0.15, 0.2) is 33.9 Å². The Hall–Kier alpha value is -3.02. The van der Waals surface area contributed by atoms with E-state index in [2.05, 4.69) is 0 Å². The van der Waals surface area contributed by atoms with Crippen molar-refractivity contribution in [1.29, 1.82) is 5.26 Å². The fourth-order valence-electron chi connectivity index (χ4n) is 1.92. The van der Waals surface area contributed by atoms with E-state index in [1.807, 2.05) is 6.07 Å². The summed E-state index contributed by atoms with van der Waals surface area (Å²) in [5.41, 5.74) is -3.22. The van der Waals surface area contributed by atoms with E-state index in [0.717, 1.165) is 0 Å². The van der Waals surface area contributed by atoms with E-state index in [9.17, 15) is 22.8 Å². The predicted octanol–water partition coefficient (Wildman–Crippen LogP) is 0.912. The van der Waals surface area contributed by atoms with Crippen molar-refractivity contribution in [3.8, 4) is 11.8 Å². The van der Waals surface area contributed by atoms with Gasteiger partial charge in [-0.15, -0.1) is 0 Å². The highest BCUT2D eigenvalue weighted by atomic mass is 19.4. The molecule has 0 unspecified atom stereocenters. The summed E-state index contributed by atoms with van der Waals surface area (Å²) in [6.45, 7) is 1.57. The molecule has 9 heteroatoms. The Morgan fingerprint density at radius 2 is 1.86 bits per heavy atom. The van der Waals surface area contributed by atoms with Crippen LogP contribution in [0, 0.1) is 18.3 Å². The maximum Gasteiger partial charge on any atom is 0.433 e. The molecule has 1 aromatic heterocycles. The van der Waals surface area contributed by atoms with Crippen molar-refractivity contribution in [2.75, 3.05) is 5.84 Å². The van der Waals surface area contributed by atoms with Gasteiger partial charge in [0, 0.05) is 6.07 Å². The van der Waals surface area contributed by atoms with E-state index in [1.54, 1.807) is 6.92 Å². The lowest BCUT2D eigenvalue weighted by Gasteiger charge is -2.13. The first-order valence-electron chi connectivity index (χ1n) is 5.89. The summed E-state index contributed by atoms with van der Waals surface area (Å²) in [6.07, 6.45) is -4.92. The molecule has 0 aliphatic heterocycles. The van der Waals surface area contributed by atoms with Gasteiger partial charge in [-0.1, -0.05) is 0 Å². The maximum absolute atomic E-state index is 12.7. The highest BCUT2D eigenvalue weighted by molar-refractivity contribution is 5.45. The summed E-state index contributed by atoms with van der Waals surface area (Å²) < 4.78 is 38.4. The molecule has 114 valence electrons. The molecule has 1 aromatic carbocycles. The molecule has 0 amide bonds. The normalized spacial score (nSPS) is 11.2. The number of halogens is 3. The Morgan fingerprint density at radius 3 is 2.36 bits per heavy atom. The minimum absolute atomic E-state index is 0.0272. The van der Waals surface area contributed by atoms with Crippen molar-refractivity contribution < 1.29 is 13.2 Å². The highest BCUT2D eigenvalue weighted by Crippen LogP contribution is 2.26. The van der Waals surface area contributed by atoms with E-state index in [4.69, 9.17) is 11.1 Å². The monoisotopic (exact) mass is 310 g/mol. The number of rotatable bonds is 1. The molecule has 0 atom stereocenters. The summed E-state index contributed by atoms with van der Waals surface area (Å²) >= 11 is 0. The van der Waals surface area contributed by atoms with Crippen LogP contribution in [-0.4, -0.2) is 9.24 Å². The van der Waals surface area contributed by atoms with Crippen LogP contribution in [0.3, 0.4) is 0 Å². The largest absolute Gasteiger partial charge is 0.433 e. The van der Waals surface area contributed by atoms with Gasteiger partial charge < -0.3 is 5.84 Å². The molecule has 0 saturated heterocycles. The number of hydrogen-bond donors (Lipinski definition) is 1. The van der Waals surface area contributed by atoms with Crippen molar-refractivity contribution >= 4 is 0 Å². The molecule has 0 spiro atoms. The number of hydrogen-bond acceptors (Lipinski definition) is 4. The molecule has 1 heterocycles. The van der Waals surface area contributed by atoms with Gasteiger partial charge in [-0.25, -0.2) is 14.0 Å². The fraction of sp³-hybridized carbons (Fsp3) is 0.154. The van der Waals surface area contributed by atoms with Crippen molar-refractivity contribution in [3.05, 3.63) is 61.9 Å². The molecule has 0 aliphatic rings. The SMILES string of the molecule is Cc1cc(-n2c(=O)cc(C(F)(F)F)n(N)c2=O)ccc1C#N. The zero-order valence-corrected chi connectivity index (χ0v) is 11.2. The van der Waals surface area contributed by atoms with Gasteiger partial charge in [0.2, 0.25) is 0 Å². The summed E-state index contributed by atoms with van der Waals surface area (Å²) in [4.78, 5) is 23.8. The molecule has 0 bridgehead atoms. The van der Waals surface area contributed by atoms with Crippen LogP contribution >= 0.6 is 0 Å². The minimum atomic E-state index is -4.92. The Morgan fingerprint density at radius 1 is 1.23 bits per heavy atom. The van der Waals surface area contributed by atoms with Crippen LogP contribution < -0.4 is 17.1 Å². The number of alkyl halides is 3. The smallest absolute Gasteiger partial charge is 0.335 e. The molecule has 2 aromatic rings. The van der Waals surface area contributed by atoms with Gasteiger partial charge in [-0.05, 0) is 30.7 Å². The average Bonchev–Trinajstić information content (AvgIpc) is 2.42. The third-order valence-corrected chi connectivity index (χ3v) is 3.02. The van der Waals surface area contributed by atoms with E-state index >= 15 is 0 Å². The topological polar surface area (TPSA) is 93.8 Å². The lowest BCUT2D eigenvalue weighted by molar-refractivity contribution is -0.143. The van der Waals surface area contributed by atoms with Gasteiger partial charge in [-0.3, -0.25) is 4.79 Å². The number of nitrogens with two attached hydrogens (primary N) is 1. The Bertz CT molecular complexity index is 903. The van der Waals surface area contributed by atoms with Crippen LogP contribution in [0.1, 0.15) is 16.8 Å². The molecule has 6 nitrogen and oxygen atoms in total. The van der Waals surface area contributed by atoms with Crippen LogP contribution in [0.2, 0.25) is 0 Å². The Labute approximate surface area is 121 Å². The number of aromatic nitrogens is 2. The van der Waals surface area contributed by atoms with Crippen molar-refractivity contribution in [2.45, 2.75) is 13.1 Å². The highest BCUT2D eigenvalue weighted by Gasteiger charge is 2.35. The third-order valence-electron chi connectivity index (χ3n) is 3.02. The number of nitrogen functional groups attached to an aromatic ring is 1. The number of nitrogens with zero attached hydrogens (tertiary/aromatic N) is 3. The van der Waals surface area contributed by atoms with Crippen LogP contribution in [0.4, 0.5) is 13.2 Å². The van der Waals surface area contributed by atoms with Crippen LogP contribution in [-0.2, 0) is 6.18 Å².